The van der Waals surface area contributed by atoms with E-state index >= 15 is 0 Å². The van der Waals surface area contributed by atoms with Gasteiger partial charge in [-0.2, -0.15) is 0 Å². The first-order chi connectivity index (χ1) is 11.3. The van der Waals surface area contributed by atoms with E-state index in [1.807, 2.05) is 26.8 Å². The average molecular weight is 332 g/mol. The smallest absolute Gasteiger partial charge is 0.310 e. The van der Waals surface area contributed by atoms with E-state index in [2.05, 4.69) is 10.5 Å². The second-order valence-corrected chi connectivity index (χ2v) is 6.95. The molecule has 2 aromatic rings. The van der Waals surface area contributed by atoms with Gasteiger partial charge in [-0.1, -0.05) is 25.9 Å². The third-order valence-corrected chi connectivity index (χ3v) is 3.89. The van der Waals surface area contributed by atoms with E-state index in [0.717, 1.165) is 11.5 Å². The number of hydrogen-bond donors (Lipinski definition) is 1. The molecule has 7 nitrogen and oxygen atoms in total. The summed E-state index contributed by atoms with van der Waals surface area (Å²) in [6, 6.07) is 5.28. The van der Waals surface area contributed by atoms with Crippen molar-refractivity contribution in [2.24, 2.45) is 5.92 Å². The van der Waals surface area contributed by atoms with Crippen LogP contribution < -0.4 is 5.32 Å². The van der Waals surface area contributed by atoms with Crippen LogP contribution in [0.2, 0.25) is 0 Å². The Kier molecular flexibility index (Phi) is 4.17. The van der Waals surface area contributed by atoms with E-state index < -0.39 is 5.91 Å². The number of anilines is 1. The number of nitrogens with zero attached hydrogens (tertiary/aromatic N) is 1. The first-order valence-corrected chi connectivity index (χ1v) is 7.81. The molecule has 128 valence electrons. The molecule has 1 aliphatic carbocycles. The lowest BCUT2D eigenvalue weighted by Crippen LogP contribution is -2.21. The van der Waals surface area contributed by atoms with Crippen molar-refractivity contribution in [3.63, 3.8) is 0 Å². The van der Waals surface area contributed by atoms with Gasteiger partial charge >= 0.3 is 5.97 Å². The molecule has 0 aromatic carbocycles. The van der Waals surface area contributed by atoms with E-state index in [-0.39, 0.29) is 35.7 Å². The highest BCUT2D eigenvalue weighted by molar-refractivity contribution is 5.92. The molecule has 2 atom stereocenters. The highest BCUT2D eigenvalue weighted by Crippen LogP contribution is 2.48. The molecule has 0 unspecified atom stereocenters. The van der Waals surface area contributed by atoms with Crippen LogP contribution >= 0.6 is 0 Å². The van der Waals surface area contributed by atoms with Gasteiger partial charge in [-0.25, -0.2) is 0 Å². The topological polar surface area (TPSA) is 94.6 Å². The molecule has 2 aromatic heterocycles. The highest BCUT2D eigenvalue weighted by atomic mass is 16.5. The molecule has 1 N–H and O–H groups in total. The minimum atomic E-state index is -0.463. The van der Waals surface area contributed by atoms with Crippen LogP contribution in [-0.2, 0) is 19.7 Å². The Bertz CT molecular complexity index is 726. The van der Waals surface area contributed by atoms with Gasteiger partial charge in [-0.3, -0.25) is 14.9 Å². The van der Waals surface area contributed by atoms with Gasteiger partial charge in [0.1, 0.15) is 5.76 Å². The number of ether oxygens (including phenoxy) is 1. The van der Waals surface area contributed by atoms with Gasteiger partial charge in [-0.05, 0) is 18.6 Å². The maximum Gasteiger partial charge on any atom is 0.310 e. The van der Waals surface area contributed by atoms with E-state index in [1.165, 1.54) is 0 Å². The number of rotatable bonds is 5. The number of aromatic nitrogens is 1. The lowest BCUT2D eigenvalue weighted by atomic mass is 9.92. The fourth-order valence-electron chi connectivity index (χ4n) is 2.38. The second-order valence-electron chi connectivity index (χ2n) is 6.95. The van der Waals surface area contributed by atoms with Crippen LogP contribution in [-0.4, -0.2) is 23.6 Å². The van der Waals surface area contributed by atoms with Crippen molar-refractivity contribution in [1.29, 1.82) is 0 Å². The standard InChI is InChI=1S/C17H20N2O5/c1-17(2,3)13-8-15(24-19-13)18-14(20)9-23-16(21)11-7-10(11)12-5-4-6-22-12/h4-6,8,10-11H,7,9H2,1-3H3,(H,18,20)/t10-,11+/m1/s1. The second kappa shape index (κ2) is 6.14. The first kappa shape index (κ1) is 16.3. The van der Waals surface area contributed by atoms with E-state index in [1.54, 1.807) is 18.4 Å². The predicted octanol–water partition coefficient (Wildman–Crippen LogP) is 2.85. The van der Waals surface area contributed by atoms with Crippen molar-refractivity contribution in [3.05, 3.63) is 35.9 Å². The summed E-state index contributed by atoms with van der Waals surface area (Å²) >= 11 is 0. The fourth-order valence-corrected chi connectivity index (χ4v) is 2.38. The zero-order chi connectivity index (χ0) is 17.3. The van der Waals surface area contributed by atoms with Gasteiger partial charge in [0.05, 0.1) is 17.9 Å². The summed E-state index contributed by atoms with van der Waals surface area (Å²) in [5, 5.41) is 6.43. The van der Waals surface area contributed by atoms with Crippen LogP contribution in [0.4, 0.5) is 5.88 Å². The van der Waals surface area contributed by atoms with E-state index in [0.29, 0.717) is 6.42 Å². The zero-order valence-electron chi connectivity index (χ0n) is 13.9. The molecule has 0 saturated heterocycles. The summed E-state index contributed by atoms with van der Waals surface area (Å²) in [4.78, 5) is 23.8. The fraction of sp³-hybridized carbons (Fsp3) is 0.471. The lowest BCUT2D eigenvalue weighted by molar-refractivity contribution is -0.148. The summed E-state index contributed by atoms with van der Waals surface area (Å²) in [6.07, 6.45) is 2.26. The summed E-state index contributed by atoms with van der Waals surface area (Å²) in [6.45, 7) is 5.61. The Morgan fingerprint density at radius 1 is 1.42 bits per heavy atom. The zero-order valence-corrected chi connectivity index (χ0v) is 13.9. The summed E-state index contributed by atoms with van der Waals surface area (Å²) in [7, 11) is 0. The molecule has 2 heterocycles. The molecule has 1 aliphatic rings. The maximum absolute atomic E-state index is 11.9. The largest absolute Gasteiger partial charge is 0.469 e. The number of carbonyl (C=O) groups is 2. The highest BCUT2D eigenvalue weighted by Gasteiger charge is 2.47. The van der Waals surface area contributed by atoms with Gasteiger partial charge in [0.15, 0.2) is 6.61 Å². The monoisotopic (exact) mass is 332 g/mol. The Morgan fingerprint density at radius 2 is 2.21 bits per heavy atom. The van der Waals surface area contributed by atoms with E-state index in [4.69, 9.17) is 13.7 Å². The van der Waals surface area contributed by atoms with Gasteiger partial charge in [-0.15, -0.1) is 0 Å². The summed E-state index contributed by atoms with van der Waals surface area (Å²) in [5.41, 5.74) is 0.556. The number of nitrogens with one attached hydrogen (secondary N) is 1. The van der Waals surface area contributed by atoms with Crippen LogP contribution in [0.25, 0.3) is 0 Å². The Balaban J connectivity index is 1.44. The van der Waals surface area contributed by atoms with Crippen LogP contribution in [0.15, 0.2) is 33.4 Å². The van der Waals surface area contributed by atoms with Crippen molar-refractivity contribution in [2.45, 2.75) is 38.5 Å². The third-order valence-electron chi connectivity index (χ3n) is 3.89. The van der Waals surface area contributed by atoms with Gasteiger partial charge in [0.2, 0.25) is 5.88 Å². The number of furan rings is 1. The molecule has 3 rings (SSSR count). The lowest BCUT2D eigenvalue weighted by Gasteiger charge is -2.12. The van der Waals surface area contributed by atoms with E-state index in [9.17, 15) is 9.59 Å². The van der Waals surface area contributed by atoms with Crippen LogP contribution in [0, 0.1) is 5.92 Å². The van der Waals surface area contributed by atoms with Crippen molar-refractivity contribution in [3.8, 4) is 0 Å². The van der Waals surface area contributed by atoms with Crippen LogP contribution in [0.1, 0.15) is 44.6 Å². The molecular weight excluding hydrogens is 312 g/mol. The third kappa shape index (κ3) is 3.67. The Morgan fingerprint density at radius 3 is 2.83 bits per heavy atom. The molecule has 0 aliphatic heterocycles. The molecule has 1 amide bonds. The average Bonchev–Trinajstić information content (AvgIpc) is 2.93. The first-order valence-electron chi connectivity index (χ1n) is 7.81. The molecule has 1 fully saturated rings. The number of hydrogen-bond acceptors (Lipinski definition) is 6. The summed E-state index contributed by atoms with van der Waals surface area (Å²) in [5.74, 6) is -0.0193. The molecule has 0 bridgehead atoms. The van der Waals surface area contributed by atoms with Crippen molar-refractivity contribution in [2.75, 3.05) is 11.9 Å². The molecule has 0 spiro atoms. The number of amides is 1. The normalized spacial score (nSPS) is 19.8. The molecular formula is C17H20N2O5. The van der Waals surface area contributed by atoms with Crippen LogP contribution in [0.3, 0.4) is 0 Å². The van der Waals surface area contributed by atoms with Crippen LogP contribution in [0.5, 0.6) is 0 Å². The van der Waals surface area contributed by atoms with Crippen molar-refractivity contribution < 1.29 is 23.3 Å². The maximum atomic E-state index is 11.9. The predicted molar refractivity (Wildman–Crippen MR) is 84.3 cm³/mol. The molecule has 24 heavy (non-hydrogen) atoms. The molecule has 7 heteroatoms. The van der Waals surface area contributed by atoms with Crippen molar-refractivity contribution in [1.82, 2.24) is 5.16 Å². The van der Waals surface area contributed by atoms with Gasteiger partial charge in [0.25, 0.3) is 5.91 Å². The number of esters is 1. The quantitative estimate of drug-likeness (QED) is 0.846. The SMILES string of the molecule is CC(C)(C)c1cc(NC(=O)COC(=O)[C@H]2C[C@H]2c2ccco2)on1. The Hall–Kier alpha value is -2.57. The minimum Gasteiger partial charge on any atom is -0.469 e. The van der Waals surface area contributed by atoms with Crippen molar-refractivity contribution >= 4 is 17.8 Å². The number of carbonyl (C=O) groups excluding carboxylic acids is 2. The van der Waals surface area contributed by atoms with Gasteiger partial charge in [0, 0.05) is 17.4 Å². The Labute approximate surface area is 139 Å². The minimum absolute atomic E-state index is 0.0548. The summed E-state index contributed by atoms with van der Waals surface area (Å²) < 4.78 is 15.4. The van der Waals surface area contributed by atoms with Gasteiger partial charge < -0.3 is 13.7 Å². The molecule has 0 radical (unpaired) electrons. The molecule has 1 saturated carbocycles.